The number of aryl methyl sites for hydroxylation is 1. The molecule has 0 aliphatic carbocycles. The van der Waals surface area contributed by atoms with Crippen LogP contribution in [-0.4, -0.2) is 31.4 Å². The molecule has 0 amide bonds. The molecule has 3 nitrogen and oxygen atoms in total. The Morgan fingerprint density at radius 3 is 2.58 bits per heavy atom. The summed E-state index contributed by atoms with van der Waals surface area (Å²) in [7, 11) is 0. The van der Waals surface area contributed by atoms with E-state index in [1.54, 1.807) is 0 Å². The predicted octanol–water partition coefficient (Wildman–Crippen LogP) is 2.53. The molecule has 1 atom stereocenters. The first-order valence-electron chi connectivity index (χ1n) is 7.13. The van der Waals surface area contributed by atoms with E-state index in [9.17, 15) is 0 Å². The molecule has 1 fully saturated rings. The summed E-state index contributed by atoms with van der Waals surface area (Å²) in [6.07, 6.45) is 1.23. The zero-order valence-corrected chi connectivity index (χ0v) is 12.2. The normalized spacial score (nSPS) is 22.4. The molecular weight excluding hydrogens is 238 g/mol. The Kier molecular flexibility index (Phi) is 4.97. The zero-order chi connectivity index (χ0) is 13.7. The van der Waals surface area contributed by atoms with Gasteiger partial charge < -0.3 is 14.8 Å². The van der Waals surface area contributed by atoms with Crippen LogP contribution in [0.5, 0.6) is 0 Å². The average molecular weight is 263 g/mol. The van der Waals surface area contributed by atoms with Crippen LogP contribution in [0.25, 0.3) is 0 Å². The highest BCUT2D eigenvalue weighted by atomic mass is 16.5. The van der Waals surface area contributed by atoms with E-state index in [-0.39, 0.29) is 11.7 Å². The van der Waals surface area contributed by atoms with Crippen molar-refractivity contribution in [3.05, 3.63) is 35.4 Å². The molecule has 1 heterocycles. The topological polar surface area (TPSA) is 30.5 Å². The van der Waals surface area contributed by atoms with Crippen LogP contribution in [0.3, 0.4) is 0 Å². The molecule has 1 aromatic rings. The van der Waals surface area contributed by atoms with Crippen molar-refractivity contribution in [1.29, 1.82) is 0 Å². The van der Waals surface area contributed by atoms with Crippen LogP contribution in [-0.2, 0) is 22.5 Å². The Hall–Kier alpha value is -0.900. The lowest BCUT2D eigenvalue weighted by Gasteiger charge is -2.36. The molecule has 1 saturated heterocycles. The maximum atomic E-state index is 5.96. The molecule has 1 unspecified atom stereocenters. The average Bonchev–Trinajstić information content (AvgIpc) is 2.38. The van der Waals surface area contributed by atoms with Gasteiger partial charge >= 0.3 is 0 Å². The monoisotopic (exact) mass is 263 g/mol. The van der Waals surface area contributed by atoms with E-state index >= 15 is 0 Å². The van der Waals surface area contributed by atoms with Crippen LogP contribution in [0.4, 0.5) is 0 Å². The van der Waals surface area contributed by atoms with E-state index in [2.05, 4.69) is 50.4 Å². The molecule has 1 aromatic carbocycles. The second-order valence-electron chi connectivity index (χ2n) is 5.82. The van der Waals surface area contributed by atoms with Crippen LogP contribution in [0, 0.1) is 0 Å². The minimum atomic E-state index is -0.0882. The van der Waals surface area contributed by atoms with Crippen molar-refractivity contribution in [2.45, 2.75) is 45.5 Å². The molecule has 106 valence electrons. The van der Waals surface area contributed by atoms with Gasteiger partial charge in [-0.3, -0.25) is 0 Å². The molecule has 1 aliphatic heterocycles. The van der Waals surface area contributed by atoms with Crippen molar-refractivity contribution >= 4 is 0 Å². The Morgan fingerprint density at radius 2 is 1.95 bits per heavy atom. The summed E-state index contributed by atoms with van der Waals surface area (Å²) in [5.74, 6) is 0. The van der Waals surface area contributed by atoms with E-state index < -0.39 is 0 Å². The van der Waals surface area contributed by atoms with E-state index in [0.29, 0.717) is 13.2 Å². The summed E-state index contributed by atoms with van der Waals surface area (Å²) in [6.45, 7) is 9.46. The molecule has 0 spiro atoms. The standard InChI is InChI=1S/C16H25NO2/c1-4-13-5-7-14(8-6-13)10-18-11-15-9-17-12-16(2,3)19-15/h5-8,15,17H,4,9-12H2,1-3H3. The van der Waals surface area contributed by atoms with E-state index in [4.69, 9.17) is 9.47 Å². The van der Waals surface area contributed by atoms with Gasteiger partial charge in [0.05, 0.1) is 24.9 Å². The summed E-state index contributed by atoms with van der Waals surface area (Å²) in [6, 6.07) is 8.62. The first-order chi connectivity index (χ1) is 9.09. The molecule has 2 rings (SSSR count). The molecule has 3 heteroatoms. The van der Waals surface area contributed by atoms with Gasteiger partial charge in [0.2, 0.25) is 0 Å². The maximum absolute atomic E-state index is 5.96. The first-order valence-corrected chi connectivity index (χ1v) is 7.13. The van der Waals surface area contributed by atoms with Crippen molar-refractivity contribution in [3.63, 3.8) is 0 Å². The number of rotatable bonds is 5. The van der Waals surface area contributed by atoms with Gasteiger partial charge in [-0.05, 0) is 31.4 Å². The fourth-order valence-electron chi connectivity index (χ4n) is 2.34. The van der Waals surface area contributed by atoms with E-state index in [1.165, 1.54) is 11.1 Å². The number of ether oxygens (including phenoxy) is 2. The fraction of sp³-hybridized carbons (Fsp3) is 0.625. The molecule has 0 bridgehead atoms. The number of hydrogen-bond donors (Lipinski definition) is 1. The maximum Gasteiger partial charge on any atom is 0.0940 e. The third-order valence-corrected chi connectivity index (χ3v) is 3.41. The fourth-order valence-corrected chi connectivity index (χ4v) is 2.34. The Balaban J connectivity index is 1.73. The number of hydrogen-bond acceptors (Lipinski definition) is 3. The first kappa shape index (κ1) is 14.5. The molecular formula is C16H25NO2. The van der Waals surface area contributed by atoms with Crippen LogP contribution in [0.15, 0.2) is 24.3 Å². The van der Waals surface area contributed by atoms with Crippen molar-refractivity contribution in [3.8, 4) is 0 Å². The summed E-state index contributed by atoms with van der Waals surface area (Å²) in [4.78, 5) is 0. The summed E-state index contributed by atoms with van der Waals surface area (Å²) in [5, 5.41) is 3.38. The SMILES string of the molecule is CCc1ccc(COCC2CNCC(C)(C)O2)cc1. The second-order valence-corrected chi connectivity index (χ2v) is 5.82. The highest BCUT2D eigenvalue weighted by Gasteiger charge is 2.28. The lowest BCUT2D eigenvalue weighted by atomic mass is 10.1. The molecule has 1 aliphatic rings. The van der Waals surface area contributed by atoms with Gasteiger partial charge in [0.1, 0.15) is 0 Å². The van der Waals surface area contributed by atoms with Crippen molar-refractivity contribution in [2.75, 3.05) is 19.7 Å². The molecule has 19 heavy (non-hydrogen) atoms. The van der Waals surface area contributed by atoms with Gasteiger partial charge in [-0.15, -0.1) is 0 Å². The van der Waals surface area contributed by atoms with Crippen molar-refractivity contribution < 1.29 is 9.47 Å². The quantitative estimate of drug-likeness (QED) is 0.885. The van der Waals surface area contributed by atoms with Crippen LogP contribution in [0.1, 0.15) is 31.9 Å². The predicted molar refractivity (Wildman–Crippen MR) is 77.3 cm³/mol. The van der Waals surface area contributed by atoms with Crippen LogP contribution < -0.4 is 5.32 Å². The summed E-state index contributed by atoms with van der Waals surface area (Å²) >= 11 is 0. The van der Waals surface area contributed by atoms with Crippen molar-refractivity contribution in [2.24, 2.45) is 0 Å². The Labute approximate surface area is 116 Å². The lowest BCUT2D eigenvalue weighted by Crippen LogP contribution is -2.51. The molecule has 0 aromatic heterocycles. The van der Waals surface area contributed by atoms with Gasteiger partial charge in [0.15, 0.2) is 0 Å². The molecule has 0 radical (unpaired) electrons. The van der Waals surface area contributed by atoms with Crippen LogP contribution >= 0.6 is 0 Å². The molecule has 0 saturated carbocycles. The molecule has 1 N–H and O–H groups in total. The Morgan fingerprint density at radius 1 is 1.26 bits per heavy atom. The summed E-state index contributed by atoms with van der Waals surface area (Å²) in [5.41, 5.74) is 2.50. The van der Waals surface area contributed by atoms with E-state index in [0.717, 1.165) is 19.5 Å². The third kappa shape index (κ3) is 4.60. The van der Waals surface area contributed by atoms with Gasteiger partial charge in [0.25, 0.3) is 0 Å². The zero-order valence-electron chi connectivity index (χ0n) is 12.2. The number of morpholine rings is 1. The van der Waals surface area contributed by atoms with Crippen molar-refractivity contribution in [1.82, 2.24) is 5.32 Å². The highest BCUT2D eigenvalue weighted by Crippen LogP contribution is 2.15. The minimum absolute atomic E-state index is 0.0882. The van der Waals surface area contributed by atoms with E-state index in [1.807, 2.05) is 0 Å². The minimum Gasteiger partial charge on any atom is -0.374 e. The van der Waals surface area contributed by atoms with Gasteiger partial charge in [-0.1, -0.05) is 31.2 Å². The van der Waals surface area contributed by atoms with Gasteiger partial charge in [-0.2, -0.15) is 0 Å². The van der Waals surface area contributed by atoms with Gasteiger partial charge in [0, 0.05) is 13.1 Å². The smallest absolute Gasteiger partial charge is 0.0940 e. The van der Waals surface area contributed by atoms with Gasteiger partial charge in [-0.25, -0.2) is 0 Å². The number of nitrogens with one attached hydrogen (secondary N) is 1. The number of benzene rings is 1. The summed E-state index contributed by atoms with van der Waals surface area (Å²) < 4.78 is 11.7. The third-order valence-electron chi connectivity index (χ3n) is 3.41. The Bertz CT molecular complexity index is 386. The lowest BCUT2D eigenvalue weighted by molar-refractivity contribution is -0.122. The highest BCUT2D eigenvalue weighted by molar-refractivity contribution is 5.21. The second kappa shape index (κ2) is 6.51. The largest absolute Gasteiger partial charge is 0.374 e. The van der Waals surface area contributed by atoms with Crippen LogP contribution in [0.2, 0.25) is 0 Å².